The predicted molar refractivity (Wildman–Crippen MR) is 137 cm³/mol. The van der Waals surface area contributed by atoms with Gasteiger partial charge in [-0.25, -0.2) is 4.98 Å². The fraction of sp³-hybridized carbons (Fsp3) is 0.444. The summed E-state index contributed by atoms with van der Waals surface area (Å²) in [4.78, 5) is 10.0. The highest BCUT2D eigenvalue weighted by Crippen LogP contribution is 2.34. The molecular weight excluding hydrogens is 438 g/mol. The first-order chi connectivity index (χ1) is 17.0. The van der Waals surface area contributed by atoms with Crippen molar-refractivity contribution in [1.29, 1.82) is 0 Å². The van der Waals surface area contributed by atoms with Gasteiger partial charge >= 0.3 is 0 Å². The van der Waals surface area contributed by atoms with Gasteiger partial charge in [-0.15, -0.1) is 0 Å². The molecule has 2 fully saturated rings. The molecule has 6 rings (SSSR count). The lowest BCUT2D eigenvalue weighted by Gasteiger charge is -2.43. The first-order valence-electron chi connectivity index (χ1n) is 12.7. The van der Waals surface area contributed by atoms with Crippen molar-refractivity contribution in [3.05, 3.63) is 47.8 Å². The summed E-state index contributed by atoms with van der Waals surface area (Å²) >= 11 is 0. The van der Waals surface area contributed by atoms with Crippen LogP contribution in [0.4, 0.5) is 0 Å². The Kier molecular flexibility index (Phi) is 5.57. The Hall–Kier alpha value is -3.23. The summed E-state index contributed by atoms with van der Waals surface area (Å²) in [5, 5.41) is 26.2. The summed E-state index contributed by atoms with van der Waals surface area (Å²) < 4.78 is 0. The predicted octanol–water partition coefficient (Wildman–Crippen LogP) is 4.34. The molecule has 2 bridgehead atoms. The summed E-state index contributed by atoms with van der Waals surface area (Å²) in [5.74, 6) is 1.81. The van der Waals surface area contributed by atoms with Crippen LogP contribution in [0.15, 0.2) is 36.4 Å². The lowest BCUT2D eigenvalue weighted by molar-refractivity contribution is 0.0389. The number of rotatable bonds is 6. The summed E-state index contributed by atoms with van der Waals surface area (Å²) in [6, 6.07) is 13.8. The van der Waals surface area contributed by atoms with Crippen molar-refractivity contribution < 1.29 is 5.11 Å². The molecule has 2 atom stereocenters. The molecule has 0 radical (unpaired) electrons. The molecule has 2 aromatic carbocycles. The van der Waals surface area contributed by atoms with Crippen LogP contribution in [0.5, 0.6) is 5.75 Å². The molecule has 2 aromatic heterocycles. The zero-order chi connectivity index (χ0) is 24.1. The normalized spacial score (nSPS) is 20.9. The van der Waals surface area contributed by atoms with Crippen molar-refractivity contribution in [2.75, 3.05) is 13.1 Å². The second kappa shape index (κ2) is 8.77. The van der Waals surface area contributed by atoms with Gasteiger partial charge in [0.1, 0.15) is 17.3 Å². The number of aromatic nitrogens is 5. The summed E-state index contributed by atoms with van der Waals surface area (Å²) in [6.07, 6.45) is 3.45. The van der Waals surface area contributed by atoms with Gasteiger partial charge in [0.05, 0.1) is 12.1 Å². The summed E-state index contributed by atoms with van der Waals surface area (Å²) in [7, 11) is 0. The molecule has 0 spiro atoms. The largest absolute Gasteiger partial charge is 0.508 e. The molecular formula is C27H33N7O. The van der Waals surface area contributed by atoms with E-state index in [1.807, 2.05) is 12.1 Å². The van der Waals surface area contributed by atoms with Crippen LogP contribution in [-0.2, 0) is 13.0 Å². The number of likely N-dealkylation sites (tertiary alicyclic amines) is 1. The number of aryl methyl sites for hydroxylation is 1. The minimum atomic E-state index is 0.297. The molecule has 8 nitrogen and oxygen atoms in total. The minimum Gasteiger partial charge on any atom is -0.508 e. The number of fused-ring (bicyclic) bond motifs is 3. The molecule has 2 aliphatic heterocycles. The number of phenolic OH excluding ortho intramolecular Hbond substituents is 1. The van der Waals surface area contributed by atoms with E-state index in [9.17, 15) is 5.11 Å². The monoisotopic (exact) mass is 471 g/mol. The summed E-state index contributed by atoms with van der Waals surface area (Å²) in [5.41, 5.74) is 5.04. The molecule has 2 saturated heterocycles. The van der Waals surface area contributed by atoms with Gasteiger partial charge in [0.2, 0.25) is 5.82 Å². The average molecular weight is 472 g/mol. The number of hydrogen-bond donors (Lipinski definition) is 3. The number of nitrogens with zero attached hydrogens (tertiary/aromatic N) is 5. The summed E-state index contributed by atoms with van der Waals surface area (Å²) in [6.45, 7) is 9.70. The zero-order valence-corrected chi connectivity index (χ0v) is 20.6. The maximum Gasteiger partial charge on any atom is 0.202 e. The van der Waals surface area contributed by atoms with E-state index in [1.54, 1.807) is 6.07 Å². The third kappa shape index (κ3) is 4.00. The number of H-pyrrole nitrogens is 2. The molecule has 2 unspecified atom stereocenters. The minimum absolute atomic E-state index is 0.297. The smallest absolute Gasteiger partial charge is 0.202 e. The lowest BCUT2D eigenvalue weighted by Crippen LogP contribution is -2.55. The third-order valence-electron chi connectivity index (χ3n) is 7.67. The Morgan fingerprint density at radius 2 is 1.83 bits per heavy atom. The zero-order valence-electron chi connectivity index (χ0n) is 20.6. The van der Waals surface area contributed by atoms with Crippen molar-refractivity contribution in [2.45, 2.75) is 64.7 Å². The maximum atomic E-state index is 9.85. The molecule has 2 aliphatic rings. The molecule has 8 heteroatoms. The van der Waals surface area contributed by atoms with E-state index in [4.69, 9.17) is 4.98 Å². The molecule has 35 heavy (non-hydrogen) atoms. The Balaban J connectivity index is 1.22. The number of piperazine rings is 1. The number of aromatic amines is 2. The first kappa shape index (κ1) is 22.2. The quantitative estimate of drug-likeness (QED) is 0.387. The van der Waals surface area contributed by atoms with Crippen LogP contribution in [0.1, 0.15) is 45.0 Å². The molecule has 0 aliphatic carbocycles. The average Bonchev–Trinajstić information content (AvgIpc) is 3.54. The molecule has 4 aromatic rings. The number of aromatic hydroxyl groups is 1. The SMILES string of the molecule is CCc1cc(O)ccc1-c1ccc2c(-c3n[nH]c(CN4CC5CCC(C4)N5C(C)C)n3)n[nH]c2c1. The fourth-order valence-corrected chi connectivity index (χ4v) is 6.19. The van der Waals surface area contributed by atoms with E-state index < -0.39 is 0 Å². The Morgan fingerprint density at radius 1 is 1.03 bits per heavy atom. The Labute approximate surface area is 205 Å². The van der Waals surface area contributed by atoms with Crippen LogP contribution in [0.3, 0.4) is 0 Å². The van der Waals surface area contributed by atoms with E-state index in [-0.39, 0.29) is 0 Å². The van der Waals surface area contributed by atoms with E-state index in [0.717, 1.165) is 65.2 Å². The fourth-order valence-electron chi connectivity index (χ4n) is 6.19. The second-order valence-electron chi connectivity index (χ2n) is 10.3. The Bertz CT molecular complexity index is 1340. The van der Waals surface area contributed by atoms with Crippen LogP contribution in [0, 0.1) is 0 Å². The number of phenols is 1. The van der Waals surface area contributed by atoms with E-state index in [2.05, 4.69) is 69.2 Å². The van der Waals surface area contributed by atoms with Gasteiger partial charge in [-0.2, -0.15) is 10.2 Å². The number of nitrogens with one attached hydrogen (secondary N) is 2. The van der Waals surface area contributed by atoms with Crippen LogP contribution in [0.25, 0.3) is 33.5 Å². The number of benzene rings is 2. The van der Waals surface area contributed by atoms with Crippen LogP contribution in [-0.4, -0.2) is 71.5 Å². The first-order valence-corrected chi connectivity index (χ1v) is 12.7. The van der Waals surface area contributed by atoms with Gasteiger partial charge in [0, 0.05) is 36.6 Å². The van der Waals surface area contributed by atoms with E-state index in [1.165, 1.54) is 12.8 Å². The van der Waals surface area contributed by atoms with E-state index >= 15 is 0 Å². The van der Waals surface area contributed by atoms with Gasteiger partial charge in [-0.05, 0) is 74.1 Å². The maximum absolute atomic E-state index is 9.85. The van der Waals surface area contributed by atoms with Crippen molar-refractivity contribution in [3.8, 4) is 28.4 Å². The third-order valence-corrected chi connectivity index (χ3v) is 7.67. The van der Waals surface area contributed by atoms with Gasteiger partial charge in [-0.3, -0.25) is 20.0 Å². The topological polar surface area (TPSA) is 97.0 Å². The van der Waals surface area contributed by atoms with Crippen molar-refractivity contribution in [3.63, 3.8) is 0 Å². The standard InChI is InChI=1S/C27H33N7O/c1-4-17-11-21(35)8-10-22(17)18-5-9-23-24(12-18)29-31-26(23)27-28-25(30-32-27)15-33-13-19-6-7-20(14-33)34(19)16(2)3/h5,8-12,16,19-20,35H,4,6-7,13-15H2,1-3H3,(H,29,31)(H,28,30,32). The van der Waals surface area contributed by atoms with Crippen molar-refractivity contribution in [2.24, 2.45) is 0 Å². The van der Waals surface area contributed by atoms with E-state index in [0.29, 0.717) is 29.7 Å². The molecule has 4 heterocycles. The van der Waals surface area contributed by atoms with Gasteiger partial charge in [-0.1, -0.05) is 19.1 Å². The second-order valence-corrected chi connectivity index (χ2v) is 10.3. The number of hydrogen-bond acceptors (Lipinski definition) is 6. The van der Waals surface area contributed by atoms with Gasteiger partial charge in [0.15, 0.2) is 0 Å². The highest BCUT2D eigenvalue weighted by atomic mass is 16.3. The molecule has 182 valence electrons. The lowest BCUT2D eigenvalue weighted by atomic mass is 9.97. The van der Waals surface area contributed by atoms with Crippen LogP contribution >= 0.6 is 0 Å². The highest BCUT2D eigenvalue weighted by Gasteiger charge is 2.41. The van der Waals surface area contributed by atoms with Crippen LogP contribution in [0.2, 0.25) is 0 Å². The molecule has 0 amide bonds. The van der Waals surface area contributed by atoms with Gasteiger partial charge < -0.3 is 5.11 Å². The molecule has 0 saturated carbocycles. The van der Waals surface area contributed by atoms with Crippen molar-refractivity contribution in [1.82, 2.24) is 35.2 Å². The van der Waals surface area contributed by atoms with Crippen molar-refractivity contribution >= 4 is 10.9 Å². The Morgan fingerprint density at radius 3 is 2.57 bits per heavy atom. The molecule has 3 N–H and O–H groups in total. The van der Waals surface area contributed by atoms with Crippen LogP contribution < -0.4 is 0 Å². The van der Waals surface area contributed by atoms with Gasteiger partial charge in [0.25, 0.3) is 0 Å². The highest BCUT2D eigenvalue weighted by molar-refractivity contribution is 5.94.